The summed E-state index contributed by atoms with van der Waals surface area (Å²) in [5.74, 6) is 0.313. The van der Waals surface area contributed by atoms with Gasteiger partial charge in [-0.3, -0.25) is 0 Å². The second-order valence-corrected chi connectivity index (χ2v) is 7.33. The van der Waals surface area contributed by atoms with Crippen LogP contribution in [0.5, 0.6) is 5.75 Å². The summed E-state index contributed by atoms with van der Waals surface area (Å²) in [5.41, 5.74) is 2.08. The number of aromatic hydroxyl groups is 1. The molecule has 2 aromatic carbocycles. The van der Waals surface area contributed by atoms with Crippen molar-refractivity contribution in [2.75, 3.05) is 18.4 Å². The molecule has 0 saturated carbocycles. The van der Waals surface area contributed by atoms with E-state index < -0.39 is 0 Å². The number of likely N-dealkylation sites (tertiary alicyclic amines) is 1. The number of amides is 2. The summed E-state index contributed by atoms with van der Waals surface area (Å²) in [7, 11) is 0. The third-order valence-electron chi connectivity index (χ3n) is 5.13. The molecule has 2 aromatic rings. The molecule has 3 rings (SSSR count). The van der Waals surface area contributed by atoms with Gasteiger partial charge in [-0.25, -0.2) is 4.79 Å². The van der Waals surface area contributed by atoms with E-state index in [1.54, 1.807) is 12.1 Å². The number of piperidine rings is 1. The fourth-order valence-electron chi connectivity index (χ4n) is 3.50. The summed E-state index contributed by atoms with van der Waals surface area (Å²) in [6.45, 7) is 3.77. The Morgan fingerprint density at radius 2 is 1.78 bits per heavy atom. The Hall–Kier alpha value is -2.53. The molecule has 144 valence electrons. The molecule has 1 aliphatic rings. The van der Waals surface area contributed by atoms with Crippen molar-refractivity contribution in [3.63, 3.8) is 0 Å². The van der Waals surface area contributed by atoms with Gasteiger partial charge in [0.2, 0.25) is 0 Å². The average molecular weight is 367 g/mol. The van der Waals surface area contributed by atoms with Crippen molar-refractivity contribution in [1.82, 2.24) is 10.2 Å². The third-order valence-corrected chi connectivity index (χ3v) is 5.13. The lowest BCUT2D eigenvalue weighted by Crippen LogP contribution is -2.48. The van der Waals surface area contributed by atoms with E-state index >= 15 is 0 Å². The Morgan fingerprint density at radius 1 is 1.11 bits per heavy atom. The minimum Gasteiger partial charge on any atom is -0.508 e. The number of para-hydroxylation sites is 1. The monoisotopic (exact) mass is 367 g/mol. The zero-order chi connectivity index (χ0) is 19.1. The van der Waals surface area contributed by atoms with Gasteiger partial charge in [-0.2, -0.15) is 0 Å². The number of nitrogens with zero attached hydrogens (tertiary/aromatic N) is 1. The second kappa shape index (κ2) is 9.42. The average Bonchev–Trinajstić information content (AvgIpc) is 2.69. The minimum absolute atomic E-state index is 0.0139. The van der Waals surface area contributed by atoms with Crippen LogP contribution in [0, 0.1) is 0 Å². The zero-order valence-electron chi connectivity index (χ0n) is 15.9. The van der Waals surface area contributed by atoms with E-state index in [2.05, 4.69) is 17.6 Å². The molecular formula is C22H29N3O2. The predicted octanol–water partition coefficient (Wildman–Crippen LogP) is 4.00. The smallest absolute Gasteiger partial charge is 0.321 e. The zero-order valence-corrected chi connectivity index (χ0v) is 15.9. The number of aryl methyl sites for hydroxylation is 1. The van der Waals surface area contributed by atoms with Gasteiger partial charge in [0, 0.05) is 30.9 Å². The van der Waals surface area contributed by atoms with E-state index in [4.69, 9.17) is 0 Å². The number of carbonyl (C=O) groups is 1. The number of nitrogens with one attached hydrogen (secondary N) is 2. The van der Waals surface area contributed by atoms with Crippen LogP contribution in [0.15, 0.2) is 54.6 Å². The summed E-state index contributed by atoms with van der Waals surface area (Å²) >= 11 is 0. The molecule has 1 heterocycles. The van der Waals surface area contributed by atoms with Crippen LogP contribution in [0.25, 0.3) is 0 Å². The lowest BCUT2D eigenvalue weighted by molar-refractivity contribution is 0.186. The number of urea groups is 1. The maximum absolute atomic E-state index is 12.4. The number of phenolic OH excluding ortho intramolecular Hbond substituents is 1. The highest BCUT2D eigenvalue weighted by molar-refractivity contribution is 5.89. The van der Waals surface area contributed by atoms with Gasteiger partial charge in [-0.05, 0) is 62.4 Å². The minimum atomic E-state index is -0.0139. The summed E-state index contributed by atoms with van der Waals surface area (Å²) < 4.78 is 0. The van der Waals surface area contributed by atoms with Crippen LogP contribution in [0.3, 0.4) is 0 Å². The Labute approximate surface area is 161 Å². The Bertz CT molecular complexity index is 710. The number of hydrogen-bond donors (Lipinski definition) is 3. The van der Waals surface area contributed by atoms with Crippen LogP contribution in [0.4, 0.5) is 10.5 Å². The summed E-state index contributed by atoms with van der Waals surface area (Å²) in [6, 6.07) is 17.9. The van der Waals surface area contributed by atoms with E-state index in [-0.39, 0.29) is 6.03 Å². The van der Waals surface area contributed by atoms with Crippen molar-refractivity contribution in [2.24, 2.45) is 0 Å². The van der Waals surface area contributed by atoms with Crippen molar-refractivity contribution in [3.8, 4) is 5.75 Å². The van der Waals surface area contributed by atoms with E-state index in [1.165, 1.54) is 5.56 Å². The fraction of sp³-hybridized carbons (Fsp3) is 0.409. The standard InChI is InChI=1S/C22H29N3O2/c1-17(7-8-18-9-11-21(26)12-10-18)23-20-13-15-25(16-14-20)22(27)24-19-5-3-2-4-6-19/h2-6,9-12,17,20,23,26H,7-8,13-16H2,1H3,(H,24,27)/t17-/m1/s1. The molecule has 0 bridgehead atoms. The van der Waals surface area contributed by atoms with Gasteiger partial charge in [0.25, 0.3) is 0 Å². The maximum atomic E-state index is 12.4. The summed E-state index contributed by atoms with van der Waals surface area (Å²) in [5, 5.41) is 16.0. The first kappa shape index (κ1) is 19.2. The van der Waals surface area contributed by atoms with Gasteiger partial charge in [-0.15, -0.1) is 0 Å². The molecule has 1 aliphatic heterocycles. The molecule has 0 aliphatic carbocycles. The molecule has 0 radical (unpaired) electrons. The number of hydrogen-bond acceptors (Lipinski definition) is 3. The Kier molecular flexibility index (Phi) is 6.71. The fourth-order valence-corrected chi connectivity index (χ4v) is 3.50. The Morgan fingerprint density at radius 3 is 2.44 bits per heavy atom. The molecule has 0 spiro atoms. The van der Waals surface area contributed by atoms with Gasteiger partial charge in [0.1, 0.15) is 5.75 Å². The van der Waals surface area contributed by atoms with Crippen LogP contribution in [-0.4, -0.2) is 41.2 Å². The number of anilines is 1. The quantitative estimate of drug-likeness (QED) is 0.723. The van der Waals surface area contributed by atoms with Gasteiger partial charge in [0.05, 0.1) is 0 Å². The van der Waals surface area contributed by atoms with Crippen molar-refractivity contribution in [3.05, 3.63) is 60.2 Å². The first-order chi connectivity index (χ1) is 13.1. The van der Waals surface area contributed by atoms with Crippen molar-refractivity contribution in [2.45, 2.75) is 44.7 Å². The highest BCUT2D eigenvalue weighted by Crippen LogP contribution is 2.16. The van der Waals surface area contributed by atoms with E-state index in [9.17, 15) is 9.90 Å². The Balaban J connectivity index is 1.37. The van der Waals surface area contributed by atoms with E-state index in [1.807, 2.05) is 47.4 Å². The normalized spacial score (nSPS) is 16.1. The molecule has 5 nitrogen and oxygen atoms in total. The van der Waals surface area contributed by atoms with Crippen LogP contribution >= 0.6 is 0 Å². The van der Waals surface area contributed by atoms with Crippen LogP contribution in [-0.2, 0) is 6.42 Å². The molecule has 0 aromatic heterocycles. The predicted molar refractivity (Wildman–Crippen MR) is 109 cm³/mol. The molecule has 1 atom stereocenters. The molecule has 5 heteroatoms. The number of benzene rings is 2. The van der Waals surface area contributed by atoms with Gasteiger partial charge < -0.3 is 20.6 Å². The first-order valence-electron chi connectivity index (χ1n) is 9.75. The van der Waals surface area contributed by atoms with Crippen LogP contribution in [0.1, 0.15) is 31.7 Å². The van der Waals surface area contributed by atoms with Gasteiger partial charge in [-0.1, -0.05) is 30.3 Å². The number of rotatable bonds is 6. The highest BCUT2D eigenvalue weighted by atomic mass is 16.3. The molecule has 3 N–H and O–H groups in total. The first-order valence-corrected chi connectivity index (χ1v) is 9.75. The van der Waals surface area contributed by atoms with E-state index in [0.717, 1.165) is 44.5 Å². The third kappa shape index (κ3) is 6.00. The second-order valence-electron chi connectivity index (χ2n) is 7.33. The SMILES string of the molecule is C[C@H](CCc1ccc(O)cc1)NC1CCN(C(=O)Nc2ccccc2)CC1. The van der Waals surface area contributed by atoms with E-state index in [0.29, 0.717) is 17.8 Å². The maximum Gasteiger partial charge on any atom is 0.321 e. The van der Waals surface area contributed by atoms with Crippen molar-refractivity contribution in [1.29, 1.82) is 0 Å². The lowest BCUT2D eigenvalue weighted by Gasteiger charge is -2.34. The number of carbonyl (C=O) groups excluding carboxylic acids is 1. The van der Waals surface area contributed by atoms with Gasteiger partial charge >= 0.3 is 6.03 Å². The van der Waals surface area contributed by atoms with Gasteiger partial charge in [0.15, 0.2) is 0 Å². The van der Waals surface area contributed by atoms with Crippen LogP contribution < -0.4 is 10.6 Å². The molecule has 1 fully saturated rings. The molecular weight excluding hydrogens is 338 g/mol. The molecule has 1 saturated heterocycles. The topological polar surface area (TPSA) is 64.6 Å². The number of phenols is 1. The van der Waals surface area contributed by atoms with Crippen LogP contribution in [0.2, 0.25) is 0 Å². The van der Waals surface area contributed by atoms with Crippen molar-refractivity contribution >= 4 is 11.7 Å². The largest absolute Gasteiger partial charge is 0.508 e. The summed E-state index contributed by atoms with van der Waals surface area (Å²) in [4.78, 5) is 14.3. The van der Waals surface area contributed by atoms with Crippen molar-refractivity contribution < 1.29 is 9.90 Å². The lowest BCUT2D eigenvalue weighted by atomic mass is 10.0. The molecule has 27 heavy (non-hydrogen) atoms. The molecule has 0 unspecified atom stereocenters. The molecule has 2 amide bonds. The summed E-state index contributed by atoms with van der Waals surface area (Å²) in [6.07, 6.45) is 4.00. The highest BCUT2D eigenvalue weighted by Gasteiger charge is 2.23.